The number of nitriles is 3. The van der Waals surface area contributed by atoms with Crippen molar-refractivity contribution in [2.45, 2.75) is 0 Å². The Kier molecular flexibility index (Phi) is 6.56. The molecule has 0 aliphatic carbocycles. The molecule has 0 saturated carbocycles. The molecule has 7 aromatic carbocycles. The summed E-state index contributed by atoms with van der Waals surface area (Å²) in [6, 6.07) is 57.9. The van der Waals surface area contributed by atoms with Crippen LogP contribution in [-0.4, -0.2) is 9.13 Å². The minimum Gasteiger partial charge on any atom is -0.309 e. The minimum atomic E-state index is 0.476. The largest absolute Gasteiger partial charge is 0.309 e. The van der Waals surface area contributed by atoms with Crippen LogP contribution in [0, 0.1) is 34.0 Å². The highest BCUT2D eigenvalue weighted by Gasteiger charge is 2.21. The Morgan fingerprint density at radius 2 is 1.00 bits per heavy atom. The predicted octanol–water partition coefficient (Wildman–Crippen LogP) is 10.8. The van der Waals surface area contributed by atoms with E-state index in [4.69, 9.17) is 0 Å². The molecule has 0 atom stereocenters. The van der Waals surface area contributed by atoms with Crippen molar-refractivity contribution in [1.29, 1.82) is 15.8 Å². The molecule has 0 spiro atoms. The van der Waals surface area contributed by atoms with Gasteiger partial charge < -0.3 is 9.13 Å². The van der Waals surface area contributed by atoms with E-state index in [1.165, 1.54) is 10.8 Å². The highest BCUT2D eigenvalue weighted by atomic mass is 15.0. The van der Waals surface area contributed by atoms with Crippen molar-refractivity contribution in [3.8, 4) is 51.8 Å². The highest BCUT2D eigenvalue weighted by Crippen LogP contribution is 2.41. The molecular weight excluding hydrogens is 611 g/mol. The Bertz CT molecular complexity index is 2920. The zero-order chi connectivity index (χ0) is 33.8. The van der Waals surface area contributed by atoms with Crippen molar-refractivity contribution in [1.82, 2.24) is 9.13 Å². The van der Waals surface area contributed by atoms with E-state index in [0.717, 1.165) is 55.3 Å². The second-order valence-corrected chi connectivity index (χ2v) is 12.3. The smallest absolute Gasteiger partial charge is 0.101 e. The first-order chi connectivity index (χ1) is 24.7. The third-order valence-electron chi connectivity index (χ3n) is 9.65. The molecule has 0 bridgehead atoms. The van der Waals surface area contributed by atoms with Gasteiger partial charge in [0.2, 0.25) is 0 Å². The molecule has 0 amide bonds. The molecule has 0 aliphatic rings. The number of aromatic nitrogens is 2. The molecule has 0 fully saturated rings. The molecule has 230 valence electrons. The van der Waals surface area contributed by atoms with Gasteiger partial charge in [-0.15, -0.1) is 0 Å². The van der Waals surface area contributed by atoms with Crippen molar-refractivity contribution in [2.75, 3.05) is 0 Å². The van der Waals surface area contributed by atoms with E-state index in [9.17, 15) is 15.8 Å². The Hall–Kier alpha value is -7.39. The van der Waals surface area contributed by atoms with Crippen LogP contribution in [0.3, 0.4) is 0 Å². The van der Waals surface area contributed by atoms with Crippen LogP contribution in [0.4, 0.5) is 0 Å². The SMILES string of the molecule is N#Cc1ccc2c(c1)c1cccc(C#N)c1n2-c1ccc(-c2ccccc2-c2ccccc2-n2c3ccccc3c3ccccc32)cc1C#N. The monoisotopic (exact) mass is 635 g/mol. The summed E-state index contributed by atoms with van der Waals surface area (Å²) in [5.41, 5.74) is 11.1. The first-order valence-corrected chi connectivity index (χ1v) is 16.3. The fraction of sp³-hybridized carbons (Fsp3) is 0. The summed E-state index contributed by atoms with van der Waals surface area (Å²) in [7, 11) is 0. The van der Waals surface area contributed by atoms with Crippen molar-refractivity contribution in [3.05, 3.63) is 168 Å². The Labute approximate surface area is 287 Å². The van der Waals surface area contributed by atoms with Gasteiger partial charge in [0.25, 0.3) is 0 Å². The quantitative estimate of drug-likeness (QED) is 0.193. The summed E-state index contributed by atoms with van der Waals surface area (Å²) >= 11 is 0. The molecule has 0 N–H and O–H groups in total. The highest BCUT2D eigenvalue weighted by molar-refractivity contribution is 6.12. The second kappa shape index (κ2) is 11.4. The van der Waals surface area contributed by atoms with Crippen molar-refractivity contribution in [2.24, 2.45) is 0 Å². The van der Waals surface area contributed by atoms with Crippen LogP contribution in [0.25, 0.3) is 77.2 Å². The van der Waals surface area contributed by atoms with Crippen molar-refractivity contribution >= 4 is 43.6 Å². The van der Waals surface area contributed by atoms with Gasteiger partial charge in [0.1, 0.15) is 12.1 Å². The lowest BCUT2D eigenvalue weighted by molar-refractivity contribution is 1.16. The van der Waals surface area contributed by atoms with Gasteiger partial charge in [0, 0.05) is 27.1 Å². The summed E-state index contributed by atoms with van der Waals surface area (Å²) in [6.45, 7) is 0. The maximum absolute atomic E-state index is 10.6. The van der Waals surface area contributed by atoms with E-state index in [0.29, 0.717) is 27.9 Å². The Morgan fingerprint density at radius 3 is 1.72 bits per heavy atom. The van der Waals surface area contributed by atoms with Gasteiger partial charge in [-0.1, -0.05) is 97.1 Å². The van der Waals surface area contributed by atoms with Crippen LogP contribution in [0.15, 0.2) is 152 Å². The maximum Gasteiger partial charge on any atom is 0.101 e. The third kappa shape index (κ3) is 4.24. The predicted molar refractivity (Wildman–Crippen MR) is 200 cm³/mol. The average Bonchev–Trinajstić information content (AvgIpc) is 3.70. The molecule has 2 heterocycles. The summed E-state index contributed by atoms with van der Waals surface area (Å²) in [5.74, 6) is 0. The van der Waals surface area contributed by atoms with Gasteiger partial charge >= 0.3 is 0 Å². The average molecular weight is 636 g/mol. The molecule has 2 aromatic heterocycles. The fourth-order valence-electron chi connectivity index (χ4n) is 7.52. The Balaban J connectivity index is 1.26. The molecule has 0 aliphatic heterocycles. The van der Waals surface area contributed by atoms with Crippen molar-refractivity contribution < 1.29 is 0 Å². The summed E-state index contributed by atoms with van der Waals surface area (Å²) in [4.78, 5) is 0. The molecule has 9 rings (SSSR count). The van der Waals surface area contributed by atoms with Crippen molar-refractivity contribution in [3.63, 3.8) is 0 Å². The number of nitrogens with zero attached hydrogens (tertiary/aromatic N) is 5. The van der Waals surface area contributed by atoms with Gasteiger partial charge in [-0.3, -0.25) is 0 Å². The summed E-state index contributed by atoms with van der Waals surface area (Å²) < 4.78 is 4.32. The van der Waals surface area contributed by atoms with Crippen LogP contribution in [0.1, 0.15) is 16.7 Å². The van der Waals surface area contributed by atoms with E-state index < -0.39 is 0 Å². The fourth-order valence-corrected chi connectivity index (χ4v) is 7.52. The summed E-state index contributed by atoms with van der Waals surface area (Å²) in [6.07, 6.45) is 0. The first kappa shape index (κ1) is 28.8. The second-order valence-electron chi connectivity index (χ2n) is 12.3. The lowest BCUT2D eigenvalue weighted by Gasteiger charge is -2.18. The van der Waals surface area contributed by atoms with Gasteiger partial charge in [-0.05, 0) is 71.3 Å². The number of hydrogen-bond donors (Lipinski definition) is 0. The molecule has 50 heavy (non-hydrogen) atoms. The number of benzene rings is 7. The lowest BCUT2D eigenvalue weighted by Crippen LogP contribution is -2.00. The van der Waals surface area contributed by atoms with E-state index in [2.05, 4.69) is 114 Å². The standard InChI is InChI=1S/C45H25N5/c46-26-29-20-22-44-39(24-29)38-16-9-10-31(27-47)45(38)50(44)40-23-21-30(25-32(40)28-48)33-11-1-2-12-34(33)35-13-3-6-17-41(35)49-42-18-7-4-14-36(42)37-15-5-8-19-43(37)49/h1-25H. The molecule has 5 nitrogen and oxygen atoms in total. The zero-order valence-electron chi connectivity index (χ0n) is 26.7. The number of hydrogen-bond acceptors (Lipinski definition) is 3. The van der Waals surface area contributed by atoms with Crippen LogP contribution in [-0.2, 0) is 0 Å². The summed E-state index contributed by atoms with van der Waals surface area (Å²) in [5, 5.41) is 34.5. The number of rotatable bonds is 4. The van der Waals surface area contributed by atoms with E-state index in [-0.39, 0.29) is 0 Å². The van der Waals surface area contributed by atoms with E-state index in [1.54, 1.807) is 12.1 Å². The lowest BCUT2D eigenvalue weighted by atomic mass is 9.92. The van der Waals surface area contributed by atoms with Gasteiger partial charge in [0.05, 0.1) is 56.2 Å². The molecule has 0 saturated heterocycles. The molecule has 9 aromatic rings. The topological polar surface area (TPSA) is 81.2 Å². The molecule has 0 unspecified atom stereocenters. The molecule has 5 heteroatoms. The van der Waals surface area contributed by atoms with Gasteiger partial charge in [0.15, 0.2) is 0 Å². The third-order valence-corrected chi connectivity index (χ3v) is 9.65. The zero-order valence-corrected chi connectivity index (χ0v) is 26.7. The molecular formula is C45H25N5. The van der Waals surface area contributed by atoms with Crippen LogP contribution in [0.2, 0.25) is 0 Å². The number of para-hydroxylation sites is 4. The van der Waals surface area contributed by atoms with E-state index >= 15 is 0 Å². The van der Waals surface area contributed by atoms with Gasteiger partial charge in [-0.25, -0.2) is 0 Å². The first-order valence-electron chi connectivity index (χ1n) is 16.3. The minimum absolute atomic E-state index is 0.476. The normalized spacial score (nSPS) is 11.1. The molecule has 0 radical (unpaired) electrons. The Morgan fingerprint density at radius 1 is 0.380 bits per heavy atom. The van der Waals surface area contributed by atoms with Gasteiger partial charge in [-0.2, -0.15) is 15.8 Å². The van der Waals surface area contributed by atoms with E-state index in [1.807, 2.05) is 53.1 Å². The van der Waals surface area contributed by atoms with Crippen LogP contribution in [0.5, 0.6) is 0 Å². The van der Waals surface area contributed by atoms with Crippen LogP contribution < -0.4 is 0 Å². The maximum atomic E-state index is 10.6. The van der Waals surface area contributed by atoms with Crippen LogP contribution >= 0.6 is 0 Å². The number of fused-ring (bicyclic) bond motifs is 6.